The van der Waals surface area contributed by atoms with E-state index in [0.717, 1.165) is 9.87 Å². The van der Waals surface area contributed by atoms with Crippen molar-refractivity contribution in [3.63, 3.8) is 0 Å². The number of methoxy groups -OCH3 is 3. The maximum Gasteiger partial charge on any atom is 0.265 e. The first-order valence-electron chi connectivity index (χ1n) is 10.2. The van der Waals surface area contributed by atoms with Gasteiger partial charge in [0.2, 0.25) is 5.91 Å². The van der Waals surface area contributed by atoms with Crippen LogP contribution >= 0.6 is 0 Å². The Balaban J connectivity index is 2.09. The zero-order valence-electron chi connectivity index (χ0n) is 19.2. The minimum atomic E-state index is -4.26. The van der Waals surface area contributed by atoms with Crippen LogP contribution in [0.4, 0.5) is 11.4 Å². The van der Waals surface area contributed by atoms with E-state index in [1.54, 1.807) is 37.3 Å². The number of rotatable bonds is 9. The largest absolute Gasteiger partial charge is 0.506 e. The van der Waals surface area contributed by atoms with E-state index in [4.69, 9.17) is 14.2 Å². The third-order valence-corrected chi connectivity index (χ3v) is 6.77. The lowest BCUT2D eigenvalue weighted by Crippen LogP contribution is -2.38. The van der Waals surface area contributed by atoms with Crippen LogP contribution in [0.2, 0.25) is 0 Å². The first-order chi connectivity index (χ1) is 16.2. The Bertz CT molecular complexity index is 1290. The Hall–Kier alpha value is -3.92. The van der Waals surface area contributed by atoms with Crippen molar-refractivity contribution in [2.45, 2.75) is 11.8 Å². The summed E-state index contributed by atoms with van der Waals surface area (Å²) < 4.78 is 44.4. The van der Waals surface area contributed by atoms with Crippen LogP contribution in [0.15, 0.2) is 65.6 Å². The highest BCUT2D eigenvalue weighted by atomic mass is 32.2. The molecule has 10 heteroatoms. The first kappa shape index (κ1) is 24.7. The van der Waals surface area contributed by atoms with Gasteiger partial charge in [-0.25, -0.2) is 8.42 Å². The number of carbonyl (C=O) groups is 1. The predicted octanol–water partition coefficient (Wildman–Crippen LogP) is 3.56. The molecule has 3 rings (SSSR count). The van der Waals surface area contributed by atoms with Crippen molar-refractivity contribution in [2.75, 3.05) is 37.5 Å². The number of carbonyl (C=O) groups excluding carboxylic acids is 1. The summed E-state index contributed by atoms with van der Waals surface area (Å²) in [5.41, 5.74) is 1.11. The van der Waals surface area contributed by atoms with Gasteiger partial charge in [-0.2, -0.15) is 0 Å². The summed E-state index contributed by atoms with van der Waals surface area (Å²) in [5.74, 6) is 0.0502. The van der Waals surface area contributed by atoms with E-state index in [9.17, 15) is 18.3 Å². The Labute approximate surface area is 198 Å². The molecule has 0 bridgehead atoms. The molecular weight excluding hydrogens is 460 g/mol. The van der Waals surface area contributed by atoms with Gasteiger partial charge in [0.1, 0.15) is 18.0 Å². The Morgan fingerprint density at radius 3 is 2.21 bits per heavy atom. The first-order valence-corrected chi connectivity index (χ1v) is 11.6. The van der Waals surface area contributed by atoms with Crippen molar-refractivity contribution in [1.82, 2.24) is 0 Å². The second kappa shape index (κ2) is 10.3. The smallest absolute Gasteiger partial charge is 0.265 e. The van der Waals surface area contributed by atoms with Gasteiger partial charge in [0, 0.05) is 6.07 Å². The minimum absolute atomic E-state index is 0.107. The van der Waals surface area contributed by atoms with Crippen molar-refractivity contribution in [3.8, 4) is 23.0 Å². The summed E-state index contributed by atoms with van der Waals surface area (Å²) in [7, 11) is -0.00801. The minimum Gasteiger partial charge on any atom is -0.506 e. The number of ether oxygens (including phenoxy) is 3. The standard InChI is InChI=1S/C24H26N2O7S/c1-16-9-11-21(31-2)19(13-16)26(15-24(28)25-18-7-5-6-8-20(18)27)34(29,30)17-10-12-22(32-3)23(14-17)33-4/h5-14,27H,15H2,1-4H3,(H,25,28). The molecule has 2 N–H and O–H groups in total. The Morgan fingerprint density at radius 2 is 1.56 bits per heavy atom. The number of anilines is 2. The van der Waals surface area contributed by atoms with Crippen LogP contribution in [-0.4, -0.2) is 47.3 Å². The highest BCUT2D eigenvalue weighted by Crippen LogP contribution is 2.36. The average Bonchev–Trinajstić information content (AvgIpc) is 2.83. The van der Waals surface area contributed by atoms with Crippen LogP contribution in [0.25, 0.3) is 0 Å². The van der Waals surface area contributed by atoms with Gasteiger partial charge < -0.3 is 24.6 Å². The zero-order chi connectivity index (χ0) is 24.9. The third-order valence-electron chi connectivity index (χ3n) is 5.01. The molecule has 3 aromatic rings. The molecule has 0 aliphatic heterocycles. The topological polar surface area (TPSA) is 114 Å². The number of para-hydroxylation sites is 2. The molecule has 0 unspecified atom stereocenters. The molecule has 0 atom stereocenters. The van der Waals surface area contributed by atoms with E-state index in [1.807, 2.05) is 0 Å². The second-order valence-corrected chi connectivity index (χ2v) is 9.13. The maximum atomic E-state index is 13.8. The molecule has 0 heterocycles. The van der Waals surface area contributed by atoms with Crippen LogP contribution in [0.3, 0.4) is 0 Å². The summed E-state index contributed by atoms with van der Waals surface area (Å²) >= 11 is 0. The summed E-state index contributed by atoms with van der Waals surface area (Å²) in [6, 6.07) is 15.3. The number of phenolic OH excluding ortho intramolecular Hbond substituents is 1. The van der Waals surface area contributed by atoms with Crippen LogP contribution in [-0.2, 0) is 14.8 Å². The lowest BCUT2D eigenvalue weighted by atomic mass is 10.2. The van der Waals surface area contributed by atoms with E-state index in [2.05, 4.69) is 5.32 Å². The van der Waals surface area contributed by atoms with E-state index in [0.29, 0.717) is 5.75 Å². The number of nitrogens with zero attached hydrogens (tertiary/aromatic N) is 1. The highest BCUT2D eigenvalue weighted by Gasteiger charge is 2.30. The van der Waals surface area contributed by atoms with Crippen LogP contribution in [0.5, 0.6) is 23.0 Å². The van der Waals surface area contributed by atoms with Gasteiger partial charge in [-0.3, -0.25) is 9.10 Å². The monoisotopic (exact) mass is 486 g/mol. The quantitative estimate of drug-likeness (QED) is 0.445. The molecule has 1 amide bonds. The molecule has 0 spiro atoms. The normalized spacial score (nSPS) is 10.9. The number of hydrogen-bond acceptors (Lipinski definition) is 7. The molecule has 0 aliphatic carbocycles. The number of amides is 1. The van der Waals surface area contributed by atoms with Crippen LogP contribution in [0, 0.1) is 6.92 Å². The number of sulfonamides is 1. The SMILES string of the molecule is COc1ccc(S(=O)(=O)N(CC(=O)Nc2ccccc2O)c2cc(C)ccc2OC)cc1OC. The van der Waals surface area contributed by atoms with Gasteiger partial charge in [-0.1, -0.05) is 18.2 Å². The molecule has 9 nitrogen and oxygen atoms in total. The van der Waals surface area contributed by atoms with Gasteiger partial charge in [-0.15, -0.1) is 0 Å². The summed E-state index contributed by atoms with van der Waals surface area (Å²) in [6.45, 7) is 1.22. The molecule has 0 radical (unpaired) electrons. The molecule has 0 saturated carbocycles. The lowest BCUT2D eigenvalue weighted by Gasteiger charge is -2.26. The summed E-state index contributed by atoms with van der Waals surface area (Å²) in [5, 5.41) is 12.5. The number of nitrogens with one attached hydrogen (secondary N) is 1. The summed E-state index contributed by atoms with van der Waals surface area (Å²) in [4.78, 5) is 12.8. The number of phenols is 1. The third kappa shape index (κ3) is 5.18. The highest BCUT2D eigenvalue weighted by molar-refractivity contribution is 7.92. The Morgan fingerprint density at radius 1 is 0.912 bits per heavy atom. The molecule has 0 fully saturated rings. The molecule has 180 valence electrons. The van der Waals surface area contributed by atoms with Gasteiger partial charge in [-0.05, 0) is 48.9 Å². The summed E-state index contributed by atoms with van der Waals surface area (Å²) in [6.07, 6.45) is 0. The zero-order valence-corrected chi connectivity index (χ0v) is 20.0. The fourth-order valence-corrected chi connectivity index (χ4v) is 4.74. The molecule has 0 aliphatic rings. The van der Waals surface area contributed by atoms with E-state index in [-0.39, 0.29) is 33.5 Å². The van der Waals surface area contributed by atoms with Crippen molar-refractivity contribution >= 4 is 27.3 Å². The molecule has 0 saturated heterocycles. The van der Waals surface area contributed by atoms with Crippen molar-refractivity contribution in [3.05, 3.63) is 66.2 Å². The molecular formula is C24H26N2O7S. The van der Waals surface area contributed by atoms with Crippen LogP contribution < -0.4 is 23.8 Å². The van der Waals surface area contributed by atoms with Gasteiger partial charge >= 0.3 is 0 Å². The van der Waals surface area contributed by atoms with Crippen LogP contribution in [0.1, 0.15) is 5.56 Å². The van der Waals surface area contributed by atoms with Crippen molar-refractivity contribution in [2.24, 2.45) is 0 Å². The van der Waals surface area contributed by atoms with Crippen molar-refractivity contribution < 1.29 is 32.5 Å². The molecule has 0 aromatic heterocycles. The van der Waals surface area contributed by atoms with E-state index >= 15 is 0 Å². The number of aromatic hydroxyl groups is 1. The fourth-order valence-electron chi connectivity index (χ4n) is 3.30. The average molecular weight is 487 g/mol. The lowest BCUT2D eigenvalue weighted by molar-refractivity contribution is -0.114. The van der Waals surface area contributed by atoms with Gasteiger partial charge in [0.25, 0.3) is 10.0 Å². The predicted molar refractivity (Wildman–Crippen MR) is 129 cm³/mol. The number of hydrogen-bond donors (Lipinski definition) is 2. The number of benzene rings is 3. The molecule has 3 aromatic carbocycles. The molecule has 34 heavy (non-hydrogen) atoms. The van der Waals surface area contributed by atoms with Crippen molar-refractivity contribution in [1.29, 1.82) is 0 Å². The second-order valence-electron chi connectivity index (χ2n) is 7.27. The maximum absolute atomic E-state index is 13.8. The number of aryl methyl sites for hydroxylation is 1. The van der Waals surface area contributed by atoms with Gasteiger partial charge in [0.05, 0.1) is 37.6 Å². The fraction of sp³-hybridized carbons (Fsp3) is 0.208. The van der Waals surface area contributed by atoms with E-state index < -0.39 is 22.5 Å². The van der Waals surface area contributed by atoms with Gasteiger partial charge in [0.15, 0.2) is 11.5 Å². The van der Waals surface area contributed by atoms with E-state index in [1.165, 1.54) is 51.7 Å². The Kier molecular flexibility index (Phi) is 7.52.